The van der Waals surface area contributed by atoms with Crippen LogP contribution in [0.3, 0.4) is 0 Å². The van der Waals surface area contributed by atoms with Gasteiger partial charge in [-0.3, -0.25) is 4.99 Å². The molecule has 2 unspecified atom stereocenters. The molecule has 0 spiro atoms. The Kier molecular flexibility index (Phi) is 7.79. The third-order valence-corrected chi connectivity index (χ3v) is 4.36. The normalized spacial score (nSPS) is 21.2. The number of aryl methyl sites for hydroxylation is 1. The summed E-state index contributed by atoms with van der Waals surface area (Å²) in [5, 5.41) is 10.1. The van der Waals surface area contributed by atoms with E-state index in [2.05, 4.69) is 46.8 Å². The van der Waals surface area contributed by atoms with E-state index in [9.17, 15) is 0 Å². The molecule has 1 fully saturated rings. The van der Waals surface area contributed by atoms with Crippen molar-refractivity contribution in [3.63, 3.8) is 0 Å². The van der Waals surface area contributed by atoms with Gasteiger partial charge in [0.25, 0.3) is 0 Å². The van der Waals surface area contributed by atoms with Crippen molar-refractivity contribution in [2.24, 2.45) is 10.9 Å². The van der Waals surface area contributed by atoms with Gasteiger partial charge in [-0.25, -0.2) is 4.98 Å². The molecule has 0 aliphatic heterocycles. The maximum atomic E-state index is 4.62. The average Bonchev–Trinajstić information content (AvgIpc) is 2.92. The van der Waals surface area contributed by atoms with E-state index >= 15 is 0 Å². The predicted octanol–water partition coefficient (Wildman–Crippen LogP) is 2.83. The predicted molar refractivity (Wildman–Crippen MR) is 97.3 cm³/mol. The highest BCUT2D eigenvalue weighted by Crippen LogP contribution is 2.28. The van der Waals surface area contributed by atoms with Gasteiger partial charge < -0.3 is 10.6 Å². The molecule has 1 aliphatic carbocycles. The maximum absolute atomic E-state index is 4.62. The van der Waals surface area contributed by atoms with Crippen LogP contribution in [0.5, 0.6) is 0 Å². The van der Waals surface area contributed by atoms with Crippen molar-refractivity contribution in [1.82, 2.24) is 15.6 Å². The molecule has 0 radical (unpaired) electrons. The number of hydrogen-bond acceptors (Lipinski definition) is 3. The van der Waals surface area contributed by atoms with Crippen molar-refractivity contribution in [2.75, 3.05) is 13.1 Å². The molecule has 1 saturated carbocycles. The van der Waals surface area contributed by atoms with Gasteiger partial charge in [-0.05, 0) is 25.7 Å². The largest absolute Gasteiger partial charge is 0.357 e. The van der Waals surface area contributed by atoms with Crippen LogP contribution in [0.2, 0.25) is 0 Å². The van der Waals surface area contributed by atoms with E-state index in [0.717, 1.165) is 37.8 Å². The van der Waals surface area contributed by atoms with Gasteiger partial charge in [0.15, 0.2) is 5.96 Å². The van der Waals surface area contributed by atoms with Crippen LogP contribution in [0.1, 0.15) is 37.9 Å². The quantitative estimate of drug-likeness (QED) is 0.433. The summed E-state index contributed by atoms with van der Waals surface area (Å²) < 4.78 is 0. The smallest absolute Gasteiger partial charge is 0.191 e. The van der Waals surface area contributed by atoms with Gasteiger partial charge in [0.05, 0.1) is 10.7 Å². The van der Waals surface area contributed by atoms with Crippen molar-refractivity contribution < 1.29 is 0 Å². The van der Waals surface area contributed by atoms with E-state index < -0.39 is 0 Å². The molecule has 1 heterocycles. The molecule has 114 valence electrons. The molecule has 1 aliphatic rings. The second-order valence-electron chi connectivity index (χ2n) is 5.06. The fourth-order valence-corrected chi connectivity index (χ4v) is 2.71. The minimum Gasteiger partial charge on any atom is -0.357 e. The maximum Gasteiger partial charge on any atom is 0.191 e. The van der Waals surface area contributed by atoms with Crippen LogP contribution in [0.4, 0.5) is 0 Å². The number of aliphatic imine (C=N–C) groups is 1. The second-order valence-corrected chi connectivity index (χ2v) is 6.00. The molecular weight excluding hydrogens is 383 g/mol. The SMILES string of the molecule is CCNC(=NCCc1csc(CC)n1)NC1CC1C.I. The first-order valence-electron chi connectivity index (χ1n) is 7.21. The molecular formula is C14H25IN4S. The number of nitrogens with zero attached hydrogens (tertiary/aromatic N) is 2. The average molecular weight is 408 g/mol. The molecule has 0 amide bonds. The lowest BCUT2D eigenvalue weighted by molar-refractivity contribution is 0.764. The molecule has 6 heteroatoms. The molecule has 20 heavy (non-hydrogen) atoms. The molecule has 0 aromatic carbocycles. The standard InChI is InChI=1S/C14H24N4S.HI/c1-4-13-17-11(9-19-13)6-7-16-14(15-5-2)18-12-8-10(12)3;/h9-10,12H,4-8H2,1-3H3,(H2,15,16,18);1H. The van der Waals surface area contributed by atoms with Gasteiger partial charge in [-0.1, -0.05) is 13.8 Å². The summed E-state index contributed by atoms with van der Waals surface area (Å²) in [7, 11) is 0. The summed E-state index contributed by atoms with van der Waals surface area (Å²) in [6.45, 7) is 8.21. The highest BCUT2D eigenvalue weighted by atomic mass is 127. The van der Waals surface area contributed by atoms with E-state index in [1.807, 2.05) is 0 Å². The highest BCUT2D eigenvalue weighted by Gasteiger charge is 2.33. The van der Waals surface area contributed by atoms with E-state index in [1.54, 1.807) is 11.3 Å². The first kappa shape index (κ1) is 17.7. The lowest BCUT2D eigenvalue weighted by Gasteiger charge is -2.10. The minimum absolute atomic E-state index is 0. The van der Waals surface area contributed by atoms with Crippen LogP contribution in [0, 0.1) is 5.92 Å². The third kappa shape index (κ3) is 5.55. The van der Waals surface area contributed by atoms with Gasteiger partial charge in [0.2, 0.25) is 0 Å². The monoisotopic (exact) mass is 408 g/mol. The first-order chi connectivity index (χ1) is 9.22. The van der Waals surface area contributed by atoms with Gasteiger partial charge >= 0.3 is 0 Å². The van der Waals surface area contributed by atoms with Crippen LogP contribution >= 0.6 is 35.3 Å². The Morgan fingerprint density at radius 3 is 2.80 bits per heavy atom. The van der Waals surface area contributed by atoms with E-state index in [-0.39, 0.29) is 24.0 Å². The number of aromatic nitrogens is 1. The zero-order valence-corrected chi connectivity index (χ0v) is 15.6. The summed E-state index contributed by atoms with van der Waals surface area (Å²) in [5.74, 6) is 1.73. The number of nitrogens with one attached hydrogen (secondary N) is 2. The van der Waals surface area contributed by atoms with Crippen molar-refractivity contribution >= 4 is 41.3 Å². The molecule has 2 atom stereocenters. The third-order valence-electron chi connectivity index (χ3n) is 3.32. The number of hydrogen-bond donors (Lipinski definition) is 2. The fraction of sp³-hybridized carbons (Fsp3) is 0.714. The van der Waals surface area contributed by atoms with E-state index in [0.29, 0.717) is 6.04 Å². The molecule has 0 bridgehead atoms. The minimum atomic E-state index is 0. The van der Waals surface area contributed by atoms with Crippen molar-refractivity contribution in [1.29, 1.82) is 0 Å². The molecule has 0 saturated heterocycles. The van der Waals surface area contributed by atoms with Crippen molar-refractivity contribution in [2.45, 2.75) is 46.1 Å². The molecule has 1 aromatic rings. The summed E-state index contributed by atoms with van der Waals surface area (Å²) in [4.78, 5) is 9.18. The zero-order valence-electron chi connectivity index (χ0n) is 12.5. The Morgan fingerprint density at radius 2 is 2.25 bits per heavy atom. The second kappa shape index (κ2) is 8.81. The van der Waals surface area contributed by atoms with Crippen molar-refractivity contribution in [3.8, 4) is 0 Å². The molecule has 1 aromatic heterocycles. The van der Waals surface area contributed by atoms with Crippen LogP contribution in [0.15, 0.2) is 10.4 Å². The van der Waals surface area contributed by atoms with Gasteiger partial charge in [-0.2, -0.15) is 0 Å². The molecule has 4 nitrogen and oxygen atoms in total. The molecule has 2 N–H and O–H groups in total. The van der Waals surface area contributed by atoms with Crippen LogP contribution in [-0.2, 0) is 12.8 Å². The van der Waals surface area contributed by atoms with Crippen LogP contribution in [0.25, 0.3) is 0 Å². The zero-order chi connectivity index (χ0) is 13.7. The first-order valence-corrected chi connectivity index (χ1v) is 8.09. The highest BCUT2D eigenvalue weighted by molar-refractivity contribution is 14.0. The van der Waals surface area contributed by atoms with Crippen LogP contribution < -0.4 is 10.6 Å². The summed E-state index contributed by atoms with van der Waals surface area (Å²) in [6.07, 6.45) is 3.21. The Labute approximate surface area is 142 Å². The summed E-state index contributed by atoms with van der Waals surface area (Å²) in [5.41, 5.74) is 1.17. The van der Waals surface area contributed by atoms with Gasteiger partial charge in [-0.15, -0.1) is 35.3 Å². The number of guanidine groups is 1. The van der Waals surface area contributed by atoms with Crippen LogP contribution in [-0.4, -0.2) is 30.1 Å². The molecule has 2 rings (SSSR count). The lowest BCUT2D eigenvalue weighted by Crippen LogP contribution is -2.39. The Bertz CT molecular complexity index is 433. The van der Waals surface area contributed by atoms with E-state index in [4.69, 9.17) is 0 Å². The van der Waals surface area contributed by atoms with Crippen molar-refractivity contribution in [3.05, 3.63) is 16.1 Å². The van der Waals surface area contributed by atoms with Gasteiger partial charge in [0.1, 0.15) is 0 Å². The topological polar surface area (TPSA) is 49.3 Å². The lowest BCUT2D eigenvalue weighted by atomic mass is 10.3. The summed E-state index contributed by atoms with van der Waals surface area (Å²) >= 11 is 1.75. The number of thiazole rings is 1. The Morgan fingerprint density at radius 1 is 1.50 bits per heavy atom. The number of rotatable bonds is 6. The van der Waals surface area contributed by atoms with Gasteiger partial charge in [0, 0.05) is 30.9 Å². The number of halogens is 1. The van der Waals surface area contributed by atoms with E-state index in [1.165, 1.54) is 17.1 Å². The Hall–Kier alpha value is -0.370. The fourth-order valence-electron chi connectivity index (χ4n) is 1.93. The Balaban J connectivity index is 0.00000200. The summed E-state index contributed by atoms with van der Waals surface area (Å²) in [6, 6.07) is 0.615.